The van der Waals surface area contributed by atoms with Gasteiger partial charge in [-0.25, -0.2) is 0 Å². The molecule has 1 aromatic carbocycles. The fourth-order valence-electron chi connectivity index (χ4n) is 2.62. The molecule has 0 bridgehead atoms. The van der Waals surface area contributed by atoms with Crippen LogP contribution < -0.4 is 10.6 Å². The molecule has 6 heteroatoms. The quantitative estimate of drug-likeness (QED) is 0.227. The number of rotatable bonds is 6. The second-order valence-electron chi connectivity index (χ2n) is 5.45. The van der Waals surface area contributed by atoms with Crippen LogP contribution in [-0.2, 0) is 13.0 Å². The molecule has 0 fully saturated rings. The zero-order valence-corrected chi connectivity index (χ0v) is 16.9. The predicted octanol–water partition coefficient (Wildman–Crippen LogP) is 4.15. The molecule has 2 aromatic heterocycles. The Morgan fingerprint density at radius 1 is 1.21 bits per heavy atom. The number of guanidine groups is 1. The van der Waals surface area contributed by atoms with Crippen molar-refractivity contribution in [2.75, 3.05) is 13.6 Å². The number of para-hydroxylation sites is 1. The minimum Gasteiger partial charge on any atom is -0.361 e. The Hall–Kier alpha value is -1.54. The third-order valence-electron chi connectivity index (χ3n) is 3.85. The number of aryl methyl sites for hydroxylation is 1. The Morgan fingerprint density at radius 2 is 2.08 bits per heavy atom. The van der Waals surface area contributed by atoms with Crippen molar-refractivity contribution in [3.05, 3.63) is 58.4 Å². The number of aromatic nitrogens is 1. The summed E-state index contributed by atoms with van der Waals surface area (Å²) in [5.41, 5.74) is 3.88. The molecule has 24 heavy (non-hydrogen) atoms. The molecule has 0 saturated heterocycles. The van der Waals surface area contributed by atoms with Gasteiger partial charge < -0.3 is 15.6 Å². The maximum atomic E-state index is 4.26. The molecule has 0 aliphatic rings. The van der Waals surface area contributed by atoms with E-state index in [2.05, 4.69) is 67.9 Å². The maximum Gasteiger partial charge on any atom is 0.191 e. The molecular formula is C18H23IN4S. The first-order chi connectivity index (χ1) is 11.4. The van der Waals surface area contributed by atoms with Crippen molar-refractivity contribution in [2.45, 2.75) is 19.4 Å². The van der Waals surface area contributed by atoms with Crippen LogP contribution in [0, 0.1) is 0 Å². The van der Waals surface area contributed by atoms with Gasteiger partial charge in [0.1, 0.15) is 0 Å². The molecule has 2 heterocycles. The predicted molar refractivity (Wildman–Crippen MR) is 115 cm³/mol. The van der Waals surface area contributed by atoms with Gasteiger partial charge in [0.05, 0.1) is 0 Å². The maximum absolute atomic E-state index is 4.26. The first kappa shape index (κ1) is 18.8. The van der Waals surface area contributed by atoms with E-state index >= 15 is 0 Å². The van der Waals surface area contributed by atoms with Gasteiger partial charge in [-0.15, -0.1) is 24.0 Å². The fraction of sp³-hybridized carbons (Fsp3) is 0.278. The van der Waals surface area contributed by atoms with Crippen LogP contribution in [0.25, 0.3) is 10.9 Å². The number of aliphatic imine (C=N–C) groups is 1. The number of hydrogen-bond acceptors (Lipinski definition) is 2. The summed E-state index contributed by atoms with van der Waals surface area (Å²) in [6.45, 7) is 1.72. The van der Waals surface area contributed by atoms with Gasteiger partial charge in [0.25, 0.3) is 0 Å². The second kappa shape index (κ2) is 9.68. The molecule has 3 rings (SSSR count). The van der Waals surface area contributed by atoms with Gasteiger partial charge in [0.15, 0.2) is 5.96 Å². The van der Waals surface area contributed by atoms with Gasteiger partial charge in [0, 0.05) is 37.2 Å². The van der Waals surface area contributed by atoms with Crippen LogP contribution in [0.2, 0.25) is 0 Å². The van der Waals surface area contributed by atoms with Gasteiger partial charge in [-0.2, -0.15) is 11.3 Å². The number of hydrogen-bond donors (Lipinski definition) is 3. The zero-order valence-electron chi connectivity index (χ0n) is 13.7. The van der Waals surface area contributed by atoms with Crippen LogP contribution in [-0.4, -0.2) is 24.5 Å². The third kappa shape index (κ3) is 4.98. The van der Waals surface area contributed by atoms with Crippen LogP contribution in [0.15, 0.2) is 52.3 Å². The summed E-state index contributed by atoms with van der Waals surface area (Å²) < 4.78 is 0. The summed E-state index contributed by atoms with van der Waals surface area (Å²) in [4.78, 5) is 7.59. The summed E-state index contributed by atoms with van der Waals surface area (Å²) >= 11 is 1.72. The van der Waals surface area contributed by atoms with Crippen molar-refractivity contribution in [1.29, 1.82) is 0 Å². The lowest BCUT2D eigenvalue weighted by Crippen LogP contribution is -2.37. The van der Waals surface area contributed by atoms with E-state index in [0.29, 0.717) is 0 Å². The Kier molecular flexibility index (Phi) is 7.58. The molecule has 3 N–H and O–H groups in total. The lowest BCUT2D eigenvalue weighted by Gasteiger charge is -2.11. The number of thiophene rings is 1. The molecule has 4 nitrogen and oxygen atoms in total. The number of fused-ring (bicyclic) bond motifs is 1. The van der Waals surface area contributed by atoms with Crippen molar-refractivity contribution in [1.82, 2.24) is 15.6 Å². The number of nitrogens with one attached hydrogen (secondary N) is 3. The van der Waals surface area contributed by atoms with E-state index < -0.39 is 0 Å². The van der Waals surface area contributed by atoms with E-state index in [1.165, 1.54) is 22.0 Å². The lowest BCUT2D eigenvalue weighted by atomic mass is 10.1. The summed E-state index contributed by atoms with van der Waals surface area (Å²) in [5.74, 6) is 0.857. The number of H-pyrrole nitrogens is 1. The Balaban J connectivity index is 0.00000208. The van der Waals surface area contributed by atoms with Crippen LogP contribution in [0.1, 0.15) is 17.5 Å². The number of aromatic amines is 1. The zero-order chi connectivity index (χ0) is 15.9. The van der Waals surface area contributed by atoms with Crippen LogP contribution in [0.5, 0.6) is 0 Å². The Bertz CT molecular complexity index is 764. The molecule has 0 unspecified atom stereocenters. The van der Waals surface area contributed by atoms with E-state index in [4.69, 9.17) is 0 Å². The lowest BCUT2D eigenvalue weighted by molar-refractivity contribution is 0.744. The van der Waals surface area contributed by atoms with Crippen molar-refractivity contribution in [3.63, 3.8) is 0 Å². The number of benzene rings is 1. The van der Waals surface area contributed by atoms with Gasteiger partial charge in [-0.3, -0.25) is 4.99 Å². The normalized spacial score (nSPS) is 11.3. The minimum atomic E-state index is 0. The van der Waals surface area contributed by atoms with Gasteiger partial charge in [-0.05, 0) is 46.9 Å². The van der Waals surface area contributed by atoms with Crippen molar-refractivity contribution in [3.8, 4) is 0 Å². The molecule has 0 aliphatic heterocycles. The molecule has 0 saturated carbocycles. The van der Waals surface area contributed by atoms with E-state index in [9.17, 15) is 0 Å². The van der Waals surface area contributed by atoms with Crippen LogP contribution in [0.3, 0.4) is 0 Å². The number of nitrogens with zero attached hydrogens (tertiary/aromatic N) is 1. The van der Waals surface area contributed by atoms with Gasteiger partial charge >= 0.3 is 0 Å². The monoisotopic (exact) mass is 454 g/mol. The highest BCUT2D eigenvalue weighted by atomic mass is 127. The summed E-state index contributed by atoms with van der Waals surface area (Å²) in [7, 11) is 1.81. The highest BCUT2D eigenvalue weighted by Crippen LogP contribution is 2.18. The molecule has 128 valence electrons. The summed E-state index contributed by atoms with van der Waals surface area (Å²) in [5, 5.41) is 12.3. The molecule has 3 aromatic rings. The van der Waals surface area contributed by atoms with Crippen LogP contribution in [0.4, 0.5) is 0 Å². The molecule has 0 spiro atoms. The van der Waals surface area contributed by atoms with E-state index in [-0.39, 0.29) is 24.0 Å². The topological polar surface area (TPSA) is 52.2 Å². The average molecular weight is 454 g/mol. The minimum absolute atomic E-state index is 0. The first-order valence-corrected chi connectivity index (χ1v) is 8.81. The molecule has 0 aliphatic carbocycles. The first-order valence-electron chi connectivity index (χ1n) is 7.87. The molecular weight excluding hydrogens is 431 g/mol. The standard InChI is InChI=1S/C18H22N4S.HI/c1-19-18(22-11-14-8-10-23-13-14)20-9-4-5-15-12-21-17-7-3-2-6-16(15)17;/h2-3,6-8,10,12-13,21H,4-5,9,11H2,1H3,(H2,19,20,22);1H. The summed E-state index contributed by atoms with van der Waals surface area (Å²) in [6.07, 6.45) is 4.24. The van der Waals surface area contributed by atoms with Crippen molar-refractivity contribution >= 4 is 52.2 Å². The smallest absolute Gasteiger partial charge is 0.191 e. The Morgan fingerprint density at radius 3 is 2.88 bits per heavy atom. The highest BCUT2D eigenvalue weighted by Gasteiger charge is 2.03. The van der Waals surface area contributed by atoms with E-state index in [1.54, 1.807) is 11.3 Å². The van der Waals surface area contributed by atoms with Crippen molar-refractivity contribution < 1.29 is 0 Å². The summed E-state index contributed by atoms with van der Waals surface area (Å²) in [6, 6.07) is 10.6. The SMILES string of the molecule is CN=C(NCCCc1c[nH]c2ccccc12)NCc1ccsc1.I. The van der Waals surface area contributed by atoms with Crippen molar-refractivity contribution in [2.24, 2.45) is 4.99 Å². The van der Waals surface area contributed by atoms with E-state index in [0.717, 1.165) is 31.9 Å². The van der Waals surface area contributed by atoms with Gasteiger partial charge in [0.2, 0.25) is 0 Å². The molecule has 0 radical (unpaired) electrons. The highest BCUT2D eigenvalue weighted by molar-refractivity contribution is 14.0. The average Bonchev–Trinajstić information content (AvgIpc) is 3.24. The number of halogens is 1. The van der Waals surface area contributed by atoms with Crippen LogP contribution >= 0.6 is 35.3 Å². The molecule has 0 amide bonds. The fourth-order valence-corrected chi connectivity index (χ4v) is 3.29. The van der Waals surface area contributed by atoms with Gasteiger partial charge in [-0.1, -0.05) is 18.2 Å². The largest absolute Gasteiger partial charge is 0.361 e. The molecule has 0 atom stereocenters. The third-order valence-corrected chi connectivity index (χ3v) is 4.59. The Labute approximate surface area is 163 Å². The second-order valence-corrected chi connectivity index (χ2v) is 6.23. The van der Waals surface area contributed by atoms with E-state index in [1.807, 2.05) is 7.05 Å².